The maximum Gasteiger partial charge on any atom is 0.229 e. The van der Waals surface area contributed by atoms with E-state index in [9.17, 15) is 30.6 Å². The number of aromatic hydroxyl groups is 2. The van der Waals surface area contributed by atoms with Crippen molar-refractivity contribution < 1.29 is 44.8 Å². The van der Waals surface area contributed by atoms with E-state index in [1.165, 1.54) is 6.07 Å². The minimum atomic E-state index is -1.68. The Bertz CT molecular complexity index is 1160. The molecule has 9 nitrogen and oxygen atoms in total. The first-order valence-corrected chi connectivity index (χ1v) is 12.2. The number of hydrogen-bond donors (Lipinski definition) is 6. The van der Waals surface area contributed by atoms with Crippen molar-refractivity contribution in [2.75, 3.05) is 13.2 Å². The Morgan fingerprint density at radius 1 is 0.865 bits per heavy atom. The maximum absolute atomic E-state index is 11.4. The molecule has 0 aromatic heterocycles. The summed E-state index contributed by atoms with van der Waals surface area (Å²) in [6.45, 7) is 2.02. The van der Waals surface area contributed by atoms with Gasteiger partial charge < -0.3 is 44.8 Å². The lowest BCUT2D eigenvalue weighted by Crippen LogP contribution is -2.60. The molecule has 0 radical (unpaired) electrons. The van der Waals surface area contributed by atoms with E-state index >= 15 is 0 Å². The van der Waals surface area contributed by atoms with Crippen LogP contribution < -0.4 is 9.47 Å². The van der Waals surface area contributed by atoms with Gasteiger partial charge in [-0.25, -0.2) is 0 Å². The SMILES string of the molecule is CCCCOc1ccc(-c2c(O)cc(-c3ccccc3)c(O[C@@H]3O[C@H](CO)[C@@H](O)[C@H](O)[C@H]3O)c2O)cc1. The summed E-state index contributed by atoms with van der Waals surface area (Å²) >= 11 is 0. The second kappa shape index (κ2) is 11.8. The molecule has 1 saturated heterocycles. The number of unbranched alkanes of at least 4 members (excludes halogenated alkanes) is 1. The van der Waals surface area contributed by atoms with E-state index in [1.807, 2.05) is 0 Å². The molecule has 0 spiro atoms. The fourth-order valence-electron chi connectivity index (χ4n) is 4.21. The van der Waals surface area contributed by atoms with Gasteiger partial charge in [0.2, 0.25) is 6.29 Å². The highest BCUT2D eigenvalue weighted by Crippen LogP contribution is 2.50. The molecule has 0 unspecified atom stereocenters. The summed E-state index contributed by atoms with van der Waals surface area (Å²) in [5.41, 5.74) is 1.46. The Balaban J connectivity index is 1.75. The molecule has 0 bridgehead atoms. The lowest BCUT2D eigenvalue weighted by Gasteiger charge is -2.39. The summed E-state index contributed by atoms with van der Waals surface area (Å²) in [5.74, 6) is -0.103. The molecule has 1 aliphatic heterocycles. The minimum absolute atomic E-state index is 0.0828. The number of hydrogen-bond acceptors (Lipinski definition) is 9. The number of ether oxygens (including phenoxy) is 3. The molecule has 1 fully saturated rings. The van der Waals surface area contributed by atoms with Crippen LogP contribution >= 0.6 is 0 Å². The van der Waals surface area contributed by atoms with Crippen LogP contribution in [0.5, 0.6) is 23.0 Å². The zero-order chi connectivity index (χ0) is 26.5. The van der Waals surface area contributed by atoms with Crippen molar-refractivity contribution in [3.8, 4) is 45.3 Å². The Morgan fingerprint density at radius 2 is 1.57 bits per heavy atom. The van der Waals surface area contributed by atoms with Gasteiger partial charge in [0.1, 0.15) is 35.9 Å². The third-order valence-corrected chi connectivity index (χ3v) is 6.31. The lowest BCUT2D eigenvalue weighted by atomic mass is 9.96. The fraction of sp³-hybridized carbons (Fsp3) is 0.357. The van der Waals surface area contributed by atoms with E-state index in [1.54, 1.807) is 54.6 Å². The molecule has 0 aliphatic carbocycles. The monoisotopic (exact) mass is 512 g/mol. The molecular weight excluding hydrogens is 480 g/mol. The van der Waals surface area contributed by atoms with Crippen LogP contribution in [0.25, 0.3) is 22.3 Å². The first-order valence-electron chi connectivity index (χ1n) is 12.2. The predicted octanol–water partition coefficient (Wildman–Crippen LogP) is 2.79. The van der Waals surface area contributed by atoms with Crippen LogP contribution in [-0.4, -0.2) is 74.6 Å². The molecule has 4 rings (SSSR count). The van der Waals surface area contributed by atoms with Gasteiger partial charge in [0.15, 0.2) is 11.5 Å². The van der Waals surface area contributed by atoms with Crippen LogP contribution in [0.1, 0.15) is 19.8 Å². The van der Waals surface area contributed by atoms with E-state index in [4.69, 9.17) is 14.2 Å². The van der Waals surface area contributed by atoms with E-state index < -0.39 is 43.1 Å². The van der Waals surface area contributed by atoms with Gasteiger partial charge in [0.25, 0.3) is 0 Å². The average Bonchev–Trinajstić information content (AvgIpc) is 2.91. The summed E-state index contributed by atoms with van der Waals surface area (Å²) in [6.07, 6.45) is -5.70. The lowest BCUT2D eigenvalue weighted by molar-refractivity contribution is -0.277. The molecule has 3 aromatic rings. The third-order valence-electron chi connectivity index (χ3n) is 6.31. The molecule has 3 aromatic carbocycles. The number of phenols is 2. The summed E-state index contributed by atoms with van der Waals surface area (Å²) < 4.78 is 17.1. The van der Waals surface area contributed by atoms with Crippen molar-refractivity contribution in [1.82, 2.24) is 0 Å². The first-order chi connectivity index (χ1) is 17.8. The number of phenolic OH excluding ortho intramolecular Hbond substituents is 2. The second-order valence-corrected chi connectivity index (χ2v) is 8.90. The zero-order valence-corrected chi connectivity index (χ0v) is 20.4. The van der Waals surface area contributed by atoms with E-state index in [0.29, 0.717) is 29.0 Å². The smallest absolute Gasteiger partial charge is 0.229 e. The Labute approximate surface area is 214 Å². The Kier molecular flexibility index (Phi) is 8.52. The quantitative estimate of drug-likeness (QED) is 0.238. The summed E-state index contributed by atoms with van der Waals surface area (Å²) in [5, 5.41) is 62.6. The van der Waals surface area contributed by atoms with Gasteiger partial charge in [0, 0.05) is 5.56 Å². The van der Waals surface area contributed by atoms with Crippen molar-refractivity contribution >= 4 is 0 Å². The number of aliphatic hydroxyl groups is 4. The van der Waals surface area contributed by atoms with Gasteiger partial charge in [-0.3, -0.25) is 0 Å². The van der Waals surface area contributed by atoms with Gasteiger partial charge in [-0.05, 0) is 35.7 Å². The van der Waals surface area contributed by atoms with Crippen molar-refractivity contribution in [3.05, 3.63) is 60.7 Å². The average molecular weight is 513 g/mol. The van der Waals surface area contributed by atoms with Crippen molar-refractivity contribution in [2.45, 2.75) is 50.5 Å². The van der Waals surface area contributed by atoms with Gasteiger partial charge >= 0.3 is 0 Å². The van der Waals surface area contributed by atoms with Gasteiger partial charge in [0.05, 0.1) is 18.8 Å². The van der Waals surface area contributed by atoms with Crippen LogP contribution in [0.2, 0.25) is 0 Å². The molecule has 1 heterocycles. The van der Waals surface area contributed by atoms with Crippen molar-refractivity contribution in [1.29, 1.82) is 0 Å². The number of benzene rings is 3. The molecule has 198 valence electrons. The summed E-state index contributed by atoms with van der Waals surface area (Å²) in [7, 11) is 0. The van der Waals surface area contributed by atoms with Crippen molar-refractivity contribution in [3.63, 3.8) is 0 Å². The predicted molar refractivity (Wildman–Crippen MR) is 135 cm³/mol. The normalized spacial score (nSPS) is 23.5. The molecular formula is C28H32O9. The van der Waals surface area contributed by atoms with Crippen molar-refractivity contribution in [2.24, 2.45) is 0 Å². The number of rotatable bonds is 9. The van der Waals surface area contributed by atoms with Gasteiger partial charge in [-0.2, -0.15) is 0 Å². The Morgan fingerprint density at radius 3 is 2.22 bits per heavy atom. The molecule has 37 heavy (non-hydrogen) atoms. The standard InChI is InChI=1S/C28H32O9/c1-2-3-13-35-18-11-9-17(10-12-18)22-20(30)14-19(16-7-5-4-6-8-16)27(24(22)32)37-28-26(34)25(33)23(31)21(15-29)36-28/h4-12,14,21,23,25-26,28-34H,2-3,13,15H2,1H3/t21-,23-,25+,26-,28+/m1/s1. The zero-order valence-electron chi connectivity index (χ0n) is 20.4. The molecule has 0 amide bonds. The highest BCUT2D eigenvalue weighted by Gasteiger charge is 2.45. The second-order valence-electron chi connectivity index (χ2n) is 8.90. The highest BCUT2D eigenvalue weighted by molar-refractivity contribution is 5.87. The van der Waals surface area contributed by atoms with Crippen LogP contribution in [0.3, 0.4) is 0 Å². The van der Waals surface area contributed by atoms with Gasteiger partial charge in [-0.15, -0.1) is 0 Å². The fourth-order valence-corrected chi connectivity index (χ4v) is 4.21. The van der Waals surface area contributed by atoms with E-state index in [-0.39, 0.29) is 17.1 Å². The van der Waals surface area contributed by atoms with Crippen LogP contribution in [0, 0.1) is 0 Å². The maximum atomic E-state index is 11.4. The molecule has 5 atom stereocenters. The summed E-state index contributed by atoms with van der Waals surface area (Å²) in [6, 6.07) is 17.1. The first kappa shape index (κ1) is 26.7. The minimum Gasteiger partial charge on any atom is -0.507 e. The third kappa shape index (κ3) is 5.66. The molecule has 6 N–H and O–H groups in total. The van der Waals surface area contributed by atoms with Crippen LogP contribution in [0.15, 0.2) is 60.7 Å². The molecule has 9 heteroatoms. The van der Waals surface area contributed by atoms with E-state index in [0.717, 1.165) is 12.8 Å². The summed E-state index contributed by atoms with van der Waals surface area (Å²) in [4.78, 5) is 0. The van der Waals surface area contributed by atoms with E-state index in [2.05, 4.69) is 6.92 Å². The van der Waals surface area contributed by atoms with Crippen LogP contribution in [0.4, 0.5) is 0 Å². The molecule has 1 aliphatic rings. The number of aliphatic hydroxyl groups excluding tert-OH is 4. The largest absolute Gasteiger partial charge is 0.507 e. The van der Waals surface area contributed by atoms with Gasteiger partial charge in [-0.1, -0.05) is 55.8 Å². The van der Waals surface area contributed by atoms with Crippen LogP contribution in [-0.2, 0) is 4.74 Å². The topological polar surface area (TPSA) is 149 Å². The highest BCUT2D eigenvalue weighted by atomic mass is 16.7. The molecule has 0 saturated carbocycles. The Hall–Kier alpha value is -3.34.